The topological polar surface area (TPSA) is 70.7 Å². The molecule has 5 heteroatoms. The fourth-order valence-electron chi connectivity index (χ4n) is 2.79. The number of hydrogen-bond donors (Lipinski definition) is 2. The van der Waals surface area contributed by atoms with E-state index in [0.29, 0.717) is 18.9 Å². The van der Waals surface area contributed by atoms with E-state index in [-0.39, 0.29) is 5.91 Å². The van der Waals surface area contributed by atoms with E-state index in [4.69, 9.17) is 5.73 Å². The van der Waals surface area contributed by atoms with Crippen LogP contribution in [0, 0.1) is 6.92 Å². The van der Waals surface area contributed by atoms with E-state index >= 15 is 0 Å². The van der Waals surface area contributed by atoms with Gasteiger partial charge in [-0.05, 0) is 48.7 Å². The third kappa shape index (κ3) is 3.93. The smallest absolute Gasteiger partial charge is 0.227 e. The Kier molecular flexibility index (Phi) is 4.79. The third-order valence-electron chi connectivity index (χ3n) is 4.04. The van der Waals surface area contributed by atoms with Crippen LogP contribution in [0.2, 0.25) is 0 Å². The zero-order chi connectivity index (χ0) is 16.9. The van der Waals surface area contributed by atoms with Crippen molar-refractivity contribution in [1.29, 1.82) is 0 Å². The van der Waals surface area contributed by atoms with Gasteiger partial charge in [0.2, 0.25) is 5.91 Å². The van der Waals surface area contributed by atoms with Gasteiger partial charge in [0.1, 0.15) is 0 Å². The fraction of sp³-hybridized carbons (Fsp3) is 0.263. The number of nitrogens with two attached hydrogens (primary N) is 1. The summed E-state index contributed by atoms with van der Waals surface area (Å²) >= 11 is 0. The Bertz CT molecular complexity index is 752. The van der Waals surface area contributed by atoms with Gasteiger partial charge in [0.05, 0.1) is 6.54 Å². The van der Waals surface area contributed by atoms with E-state index in [1.807, 2.05) is 60.4 Å². The molecule has 1 aliphatic heterocycles. The number of amides is 1. The summed E-state index contributed by atoms with van der Waals surface area (Å²) in [5.74, 6) is 0.590. The van der Waals surface area contributed by atoms with Crippen LogP contribution in [0.5, 0.6) is 0 Å². The number of aryl methyl sites for hydroxylation is 1. The van der Waals surface area contributed by atoms with E-state index < -0.39 is 0 Å². The van der Waals surface area contributed by atoms with Crippen LogP contribution in [-0.2, 0) is 11.3 Å². The number of nitrogens with one attached hydrogen (secondary N) is 1. The van der Waals surface area contributed by atoms with Crippen LogP contribution in [0.1, 0.15) is 24.0 Å². The number of anilines is 2. The molecule has 0 spiro atoms. The molecule has 0 aliphatic carbocycles. The van der Waals surface area contributed by atoms with Crippen LogP contribution in [0.25, 0.3) is 0 Å². The van der Waals surface area contributed by atoms with Crippen LogP contribution in [-0.4, -0.2) is 18.4 Å². The SMILES string of the molecule is Cc1cccc(NC(N)=NCc2ccc(N3CCCC3=O)cc2)c1. The van der Waals surface area contributed by atoms with Crippen molar-refractivity contribution in [3.63, 3.8) is 0 Å². The summed E-state index contributed by atoms with van der Waals surface area (Å²) in [7, 11) is 0. The lowest BCUT2D eigenvalue weighted by molar-refractivity contribution is -0.117. The molecule has 2 aromatic rings. The highest BCUT2D eigenvalue weighted by molar-refractivity contribution is 5.95. The molecule has 0 aromatic heterocycles. The van der Waals surface area contributed by atoms with Crippen LogP contribution in [0.15, 0.2) is 53.5 Å². The van der Waals surface area contributed by atoms with Gasteiger partial charge in [-0.2, -0.15) is 0 Å². The molecule has 1 heterocycles. The van der Waals surface area contributed by atoms with Crippen molar-refractivity contribution < 1.29 is 4.79 Å². The number of carbonyl (C=O) groups is 1. The van der Waals surface area contributed by atoms with Crippen molar-refractivity contribution in [3.05, 3.63) is 59.7 Å². The highest BCUT2D eigenvalue weighted by atomic mass is 16.2. The van der Waals surface area contributed by atoms with Gasteiger partial charge < -0.3 is 16.0 Å². The summed E-state index contributed by atoms with van der Waals surface area (Å²) in [6.45, 7) is 3.34. The first kappa shape index (κ1) is 16.1. The molecule has 24 heavy (non-hydrogen) atoms. The van der Waals surface area contributed by atoms with E-state index in [1.165, 1.54) is 5.56 Å². The van der Waals surface area contributed by atoms with Gasteiger partial charge in [-0.3, -0.25) is 4.79 Å². The number of carbonyl (C=O) groups excluding carboxylic acids is 1. The van der Waals surface area contributed by atoms with Gasteiger partial charge in [-0.15, -0.1) is 0 Å². The fourth-order valence-corrected chi connectivity index (χ4v) is 2.79. The molecule has 0 bridgehead atoms. The summed E-state index contributed by atoms with van der Waals surface area (Å²) in [5, 5.41) is 3.09. The third-order valence-corrected chi connectivity index (χ3v) is 4.04. The van der Waals surface area contributed by atoms with Crippen molar-refractivity contribution in [2.45, 2.75) is 26.3 Å². The average Bonchev–Trinajstić information content (AvgIpc) is 2.99. The number of hydrogen-bond acceptors (Lipinski definition) is 2. The Labute approximate surface area is 142 Å². The molecule has 0 unspecified atom stereocenters. The maximum absolute atomic E-state index is 11.8. The molecule has 0 radical (unpaired) electrons. The Balaban J connectivity index is 1.60. The minimum absolute atomic E-state index is 0.201. The Morgan fingerprint density at radius 2 is 2.04 bits per heavy atom. The van der Waals surface area contributed by atoms with Gasteiger partial charge in [-0.1, -0.05) is 24.3 Å². The van der Waals surface area contributed by atoms with Crippen LogP contribution in [0.3, 0.4) is 0 Å². The minimum atomic E-state index is 0.201. The molecule has 0 atom stereocenters. The second-order valence-corrected chi connectivity index (χ2v) is 6.01. The second-order valence-electron chi connectivity index (χ2n) is 6.01. The monoisotopic (exact) mass is 322 g/mol. The first-order valence-corrected chi connectivity index (χ1v) is 8.15. The first-order valence-electron chi connectivity index (χ1n) is 8.15. The predicted molar refractivity (Wildman–Crippen MR) is 98.2 cm³/mol. The quantitative estimate of drug-likeness (QED) is 0.671. The molecule has 124 valence electrons. The van der Waals surface area contributed by atoms with Crippen molar-refractivity contribution in [2.75, 3.05) is 16.8 Å². The van der Waals surface area contributed by atoms with E-state index in [0.717, 1.165) is 29.9 Å². The van der Waals surface area contributed by atoms with Gasteiger partial charge in [0.15, 0.2) is 5.96 Å². The number of aliphatic imine (C=N–C) groups is 1. The number of guanidine groups is 1. The maximum Gasteiger partial charge on any atom is 0.227 e. The highest BCUT2D eigenvalue weighted by Gasteiger charge is 2.21. The van der Waals surface area contributed by atoms with Gasteiger partial charge >= 0.3 is 0 Å². The lowest BCUT2D eigenvalue weighted by Gasteiger charge is -2.15. The van der Waals surface area contributed by atoms with E-state index in [2.05, 4.69) is 10.3 Å². The van der Waals surface area contributed by atoms with E-state index in [1.54, 1.807) is 0 Å². The van der Waals surface area contributed by atoms with Gasteiger partial charge in [-0.25, -0.2) is 4.99 Å². The van der Waals surface area contributed by atoms with E-state index in [9.17, 15) is 4.79 Å². The van der Waals surface area contributed by atoms with Crippen LogP contribution < -0.4 is 16.0 Å². The standard InChI is InChI=1S/C19H22N4O/c1-14-4-2-5-16(12-14)22-19(20)21-13-15-7-9-17(10-8-15)23-11-3-6-18(23)24/h2,4-5,7-10,12H,3,6,11,13H2,1H3,(H3,20,21,22). The minimum Gasteiger partial charge on any atom is -0.370 e. The van der Waals surface area contributed by atoms with Crippen molar-refractivity contribution in [3.8, 4) is 0 Å². The molecular formula is C19H22N4O. The van der Waals surface area contributed by atoms with Crippen molar-refractivity contribution >= 4 is 23.2 Å². The largest absolute Gasteiger partial charge is 0.370 e. The normalized spacial score (nSPS) is 15.0. The molecule has 5 nitrogen and oxygen atoms in total. The number of rotatable bonds is 4. The predicted octanol–water partition coefficient (Wildman–Crippen LogP) is 3.05. The molecule has 1 saturated heterocycles. The lowest BCUT2D eigenvalue weighted by atomic mass is 10.2. The first-order chi connectivity index (χ1) is 11.6. The number of benzene rings is 2. The molecule has 0 saturated carbocycles. The van der Waals surface area contributed by atoms with Crippen LogP contribution >= 0.6 is 0 Å². The summed E-state index contributed by atoms with van der Waals surface area (Å²) in [5.41, 5.74) is 10.0. The van der Waals surface area contributed by atoms with Crippen LogP contribution in [0.4, 0.5) is 11.4 Å². The summed E-state index contributed by atoms with van der Waals surface area (Å²) in [6, 6.07) is 15.9. The Hall–Kier alpha value is -2.82. The zero-order valence-corrected chi connectivity index (χ0v) is 13.8. The molecular weight excluding hydrogens is 300 g/mol. The van der Waals surface area contributed by atoms with Gasteiger partial charge in [0.25, 0.3) is 0 Å². The summed E-state index contributed by atoms with van der Waals surface area (Å²) in [4.78, 5) is 17.9. The molecule has 3 rings (SSSR count). The zero-order valence-electron chi connectivity index (χ0n) is 13.8. The maximum atomic E-state index is 11.8. The van der Waals surface area contributed by atoms with Crippen molar-refractivity contribution in [1.82, 2.24) is 0 Å². The Morgan fingerprint density at radius 1 is 1.25 bits per heavy atom. The molecule has 2 aromatic carbocycles. The average molecular weight is 322 g/mol. The lowest BCUT2D eigenvalue weighted by Crippen LogP contribution is -2.23. The summed E-state index contributed by atoms with van der Waals surface area (Å²) < 4.78 is 0. The van der Waals surface area contributed by atoms with Gasteiger partial charge in [0, 0.05) is 24.3 Å². The molecule has 1 fully saturated rings. The van der Waals surface area contributed by atoms with Crippen molar-refractivity contribution in [2.24, 2.45) is 10.7 Å². The summed E-state index contributed by atoms with van der Waals surface area (Å²) in [6.07, 6.45) is 1.58. The second kappa shape index (κ2) is 7.17. The Morgan fingerprint density at radius 3 is 2.71 bits per heavy atom. The molecule has 1 amide bonds. The molecule has 1 aliphatic rings. The highest BCUT2D eigenvalue weighted by Crippen LogP contribution is 2.21. The molecule has 3 N–H and O–H groups in total. The number of nitrogens with zero attached hydrogens (tertiary/aromatic N) is 2.